The van der Waals surface area contributed by atoms with E-state index >= 15 is 0 Å². The van der Waals surface area contributed by atoms with E-state index in [1.807, 2.05) is 49.9 Å². The maximum Gasteiger partial charge on any atom is 0.410 e. The van der Waals surface area contributed by atoms with Gasteiger partial charge in [0.15, 0.2) is 0 Å². The monoisotopic (exact) mass is 394 g/mol. The minimum Gasteiger partial charge on any atom is -0.444 e. The Morgan fingerprint density at radius 3 is 2.59 bits per heavy atom. The molecule has 2 aliphatic heterocycles. The topological polar surface area (TPSA) is 59.1 Å². The van der Waals surface area contributed by atoms with Gasteiger partial charge in [-0.25, -0.2) is 4.79 Å². The normalized spacial score (nSPS) is 23.4. The zero-order chi connectivity index (χ0) is 19.6. The van der Waals surface area contributed by atoms with Gasteiger partial charge in [0.25, 0.3) is 0 Å². The van der Waals surface area contributed by atoms with Crippen molar-refractivity contribution in [2.45, 2.75) is 38.9 Å². The Labute approximate surface area is 165 Å². The van der Waals surface area contributed by atoms with Gasteiger partial charge in [-0.2, -0.15) is 0 Å². The van der Waals surface area contributed by atoms with Crippen molar-refractivity contribution >= 4 is 23.6 Å². The van der Waals surface area contributed by atoms with Gasteiger partial charge in [-0.1, -0.05) is 29.8 Å². The minimum atomic E-state index is -0.536. The molecule has 7 heteroatoms. The lowest BCUT2D eigenvalue weighted by Crippen LogP contribution is -2.45. The molecule has 0 N–H and O–H groups in total. The largest absolute Gasteiger partial charge is 0.444 e. The number of amides is 2. The maximum absolute atomic E-state index is 13.0. The first-order chi connectivity index (χ1) is 12.7. The number of nitrogens with zero attached hydrogens (tertiary/aromatic N) is 2. The first kappa shape index (κ1) is 20.0. The van der Waals surface area contributed by atoms with Crippen LogP contribution in [0.2, 0.25) is 5.02 Å². The summed E-state index contributed by atoms with van der Waals surface area (Å²) in [6.07, 6.45) is 0.0834. The fraction of sp³-hybridized carbons (Fsp3) is 0.600. The molecule has 27 heavy (non-hydrogen) atoms. The van der Waals surface area contributed by atoms with Gasteiger partial charge in [-0.15, -0.1) is 0 Å². The Bertz CT molecular complexity index is 703. The van der Waals surface area contributed by atoms with Crippen LogP contribution in [0.4, 0.5) is 4.79 Å². The van der Waals surface area contributed by atoms with Crippen molar-refractivity contribution in [3.63, 3.8) is 0 Å². The molecule has 0 aromatic heterocycles. The molecule has 2 saturated heterocycles. The molecule has 2 atom stereocenters. The highest BCUT2D eigenvalue weighted by Crippen LogP contribution is 2.30. The van der Waals surface area contributed by atoms with Crippen LogP contribution in [0, 0.1) is 5.92 Å². The Morgan fingerprint density at radius 1 is 1.15 bits per heavy atom. The number of halogens is 1. The lowest BCUT2D eigenvalue weighted by atomic mass is 10.0. The molecule has 0 bridgehead atoms. The molecule has 0 spiro atoms. The number of rotatable bonds is 2. The van der Waals surface area contributed by atoms with E-state index in [1.54, 1.807) is 4.90 Å². The van der Waals surface area contributed by atoms with Crippen LogP contribution < -0.4 is 0 Å². The molecule has 2 aliphatic rings. The number of hydrogen-bond donors (Lipinski definition) is 0. The van der Waals surface area contributed by atoms with Crippen LogP contribution >= 0.6 is 11.6 Å². The van der Waals surface area contributed by atoms with Gasteiger partial charge in [0.2, 0.25) is 5.91 Å². The Kier molecular flexibility index (Phi) is 5.96. The molecule has 2 heterocycles. The first-order valence-electron chi connectivity index (χ1n) is 9.37. The highest BCUT2D eigenvalue weighted by atomic mass is 35.5. The predicted molar refractivity (Wildman–Crippen MR) is 103 cm³/mol. The van der Waals surface area contributed by atoms with E-state index in [0.29, 0.717) is 44.2 Å². The number of benzene rings is 1. The number of morpholine rings is 1. The average molecular weight is 395 g/mol. The van der Waals surface area contributed by atoms with Gasteiger partial charge in [-0.05, 0) is 33.3 Å². The highest BCUT2D eigenvalue weighted by Gasteiger charge is 2.37. The third-order valence-electron chi connectivity index (χ3n) is 4.82. The second-order valence-electron chi connectivity index (χ2n) is 8.08. The van der Waals surface area contributed by atoms with Crippen LogP contribution in [0.1, 0.15) is 38.9 Å². The number of carbonyl (C=O) groups excluding carboxylic acids is 2. The number of carbonyl (C=O) groups is 2. The Hall–Kier alpha value is -1.79. The molecular formula is C20H27ClN2O4. The van der Waals surface area contributed by atoms with E-state index in [-0.39, 0.29) is 24.0 Å². The first-order valence-corrected chi connectivity index (χ1v) is 9.75. The van der Waals surface area contributed by atoms with Gasteiger partial charge in [0.1, 0.15) is 11.7 Å². The lowest BCUT2D eigenvalue weighted by Gasteiger charge is -2.35. The minimum absolute atomic E-state index is 0.0708. The van der Waals surface area contributed by atoms with Gasteiger partial charge in [0.05, 0.1) is 19.1 Å². The quantitative estimate of drug-likeness (QED) is 0.770. The summed E-state index contributed by atoms with van der Waals surface area (Å²) < 4.78 is 11.2. The molecule has 0 radical (unpaired) electrons. The zero-order valence-electron chi connectivity index (χ0n) is 16.1. The van der Waals surface area contributed by atoms with Crippen molar-refractivity contribution in [2.24, 2.45) is 5.92 Å². The molecule has 1 aromatic carbocycles. The highest BCUT2D eigenvalue weighted by molar-refractivity contribution is 6.31. The van der Waals surface area contributed by atoms with Crippen LogP contribution in [0.25, 0.3) is 0 Å². The van der Waals surface area contributed by atoms with E-state index in [2.05, 4.69) is 0 Å². The molecule has 3 rings (SSSR count). The molecule has 6 nitrogen and oxygen atoms in total. The van der Waals surface area contributed by atoms with Crippen LogP contribution in [0.3, 0.4) is 0 Å². The van der Waals surface area contributed by atoms with Crippen molar-refractivity contribution in [1.29, 1.82) is 0 Å². The summed E-state index contributed by atoms with van der Waals surface area (Å²) in [6, 6.07) is 7.56. The summed E-state index contributed by atoms with van der Waals surface area (Å²) in [6.45, 7) is 7.98. The molecule has 148 valence electrons. The second-order valence-corrected chi connectivity index (χ2v) is 8.48. The Balaban J connectivity index is 1.59. The average Bonchev–Trinajstić information content (AvgIpc) is 3.10. The molecule has 0 aliphatic carbocycles. The molecule has 0 saturated carbocycles. The van der Waals surface area contributed by atoms with Gasteiger partial charge in [-0.3, -0.25) is 4.79 Å². The summed E-state index contributed by atoms with van der Waals surface area (Å²) in [5, 5.41) is 0.647. The summed E-state index contributed by atoms with van der Waals surface area (Å²) in [7, 11) is 0. The van der Waals surface area contributed by atoms with Crippen LogP contribution in [-0.2, 0) is 14.3 Å². The Morgan fingerprint density at radius 2 is 1.89 bits per heavy atom. The predicted octanol–water partition coefficient (Wildman–Crippen LogP) is 3.50. The van der Waals surface area contributed by atoms with Crippen molar-refractivity contribution in [1.82, 2.24) is 9.80 Å². The molecule has 2 unspecified atom stereocenters. The molecule has 2 fully saturated rings. The fourth-order valence-corrected chi connectivity index (χ4v) is 3.74. The van der Waals surface area contributed by atoms with Crippen LogP contribution in [0.5, 0.6) is 0 Å². The zero-order valence-corrected chi connectivity index (χ0v) is 16.9. The van der Waals surface area contributed by atoms with Crippen molar-refractivity contribution in [3.05, 3.63) is 34.9 Å². The number of likely N-dealkylation sites (tertiary alicyclic amines) is 1. The molecule has 1 aromatic rings. The third kappa shape index (κ3) is 4.93. The van der Waals surface area contributed by atoms with Gasteiger partial charge >= 0.3 is 6.09 Å². The van der Waals surface area contributed by atoms with Gasteiger partial charge in [0, 0.05) is 30.2 Å². The smallest absolute Gasteiger partial charge is 0.410 e. The van der Waals surface area contributed by atoms with Crippen molar-refractivity contribution in [3.8, 4) is 0 Å². The van der Waals surface area contributed by atoms with E-state index in [9.17, 15) is 9.59 Å². The standard InChI is InChI=1S/C20H27ClN2O4/c1-20(2,3)27-19(25)23-9-8-14(12-23)18(24)22-10-11-26-17(13-22)15-6-4-5-7-16(15)21/h4-7,14,17H,8-13H2,1-3H3. The van der Waals surface area contributed by atoms with E-state index in [0.717, 1.165) is 5.56 Å². The van der Waals surface area contributed by atoms with Crippen molar-refractivity contribution in [2.75, 3.05) is 32.8 Å². The second kappa shape index (κ2) is 8.07. The van der Waals surface area contributed by atoms with Crippen molar-refractivity contribution < 1.29 is 19.1 Å². The summed E-state index contributed by atoms with van der Waals surface area (Å²) in [5.41, 5.74) is 0.365. The number of hydrogen-bond acceptors (Lipinski definition) is 4. The SMILES string of the molecule is CC(C)(C)OC(=O)N1CCC(C(=O)N2CCOC(c3ccccc3Cl)C2)C1. The van der Waals surface area contributed by atoms with Crippen LogP contribution in [-0.4, -0.2) is 60.2 Å². The number of ether oxygens (including phenoxy) is 2. The van der Waals surface area contributed by atoms with E-state index < -0.39 is 5.60 Å². The fourth-order valence-electron chi connectivity index (χ4n) is 3.49. The summed E-state index contributed by atoms with van der Waals surface area (Å²) in [4.78, 5) is 28.7. The maximum atomic E-state index is 13.0. The molecule has 2 amide bonds. The summed E-state index contributed by atoms with van der Waals surface area (Å²) >= 11 is 6.28. The summed E-state index contributed by atoms with van der Waals surface area (Å²) in [5.74, 6) is -0.121. The lowest BCUT2D eigenvalue weighted by molar-refractivity contribution is -0.142. The van der Waals surface area contributed by atoms with Crippen LogP contribution in [0.15, 0.2) is 24.3 Å². The van der Waals surface area contributed by atoms with E-state index in [1.165, 1.54) is 0 Å². The third-order valence-corrected chi connectivity index (χ3v) is 5.16. The van der Waals surface area contributed by atoms with E-state index in [4.69, 9.17) is 21.1 Å². The van der Waals surface area contributed by atoms with Gasteiger partial charge < -0.3 is 19.3 Å². The molecular weight excluding hydrogens is 368 g/mol.